The van der Waals surface area contributed by atoms with E-state index >= 15 is 0 Å². The molecule has 0 aliphatic carbocycles. The average Bonchev–Trinajstić information content (AvgIpc) is 2.97. The normalized spacial score (nSPS) is 10.5. The minimum atomic E-state index is -0.761. The number of nitrogens with one attached hydrogen (secondary N) is 2. The molecule has 0 saturated carbocycles. The lowest BCUT2D eigenvalue weighted by atomic mass is 10.2. The zero-order chi connectivity index (χ0) is 20.3. The Morgan fingerprint density at radius 1 is 1.07 bits per heavy atom. The van der Waals surface area contributed by atoms with Crippen molar-refractivity contribution < 1.29 is 23.5 Å². The maximum atomic E-state index is 13.3. The molecule has 3 rings (SSSR count). The highest BCUT2D eigenvalue weighted by Crippen LogP contribution is 2.36. The smallest absolute Gasteiger partial charge is 0.350 e. The van der Waals surface area contributed by atoms with E-state index < -0.39 is 24.3 Å². The van der Waals surface area contributed by atoms with E-state index in [0.717, 1.165) is 11.3 Å². The van der Waals surface area contributed by atoms with Crippen LogP contribution in [0.25, 0.3) is 10.1 Å². The number of thiophene rings is 1. The van der Waals surface area contributed by atoms with Crippen LogP contribution in [0.2, 0.25) is 5.02 Å². The predicted octanol–water partition coefficient (Wildman–Crippen LogP) is 4.45. The fourth-order valence-corrected chi connectivity index (χ4v) is 3.83. The third-order valence-electron chi connectivity index (χ3n) is 3.60. The largest absolute Gasteiger partial charge is 0.451 e. The lowest BCUT2D eigenvalue weighted by molar-refractivity contribution is -0.119. The van der Waals surface area contributed by atoms with Crippen molar-refractivity contribution in [2.75, 3.05) is 17.2 Å². The van der Waals surface area contributed by atoms with Crippen molar-refractivity contribution in [2.45, 2.75) is 6.92 Å². The van der Waals surface area contributed by atoms with Crippen molar-refractivity contribution in [3.05, 3.63) is 58.2 Å². The standard InChI is InChI=1S/C19H14ClFN2O4S/c1-10(24)22-12-3-5-13(6-4-12)23-16(25)9-27-19(26)18-17(20)14-7-2-11(21)8-15(14)28-18/h2-8H,9H2,1H3,(H,22,24)(H,23,25). The number of rotatable bonds is 5. The van der Waals surface area contributed by atoms with Crippen LogP contribution in [-0.2, 0) is 14.3 Å². The minimum Gasteiger partial charge on any atom is -0.451 e. The van der Waals surface area contributed by atoms with Gasteiger partial charge in [0.1, 0.15) is 10.7 Å². The highest BCUT2D eigenvalue weighted by Gasteiger charge is 2.19. The van der Waals surface area contributed by atoms with Gasteiger partial charge in [0.15, 0.2) is 6.61 Å². The number of halogens is 2. The first kappa shape index (κ1) is 19.8. The van der Waals surface area contributed by atoms with Gasteiger partial charge >= 0.3 is 5.97 Å². The summed E-state index contributed by atoms with van der Waals surface area (Å²) in [5, 5.41) is 5.89. The second kappa shape index (κ2) is 8.37. The molecule has 0 aliphatic heterocycles. The average molecular weight is 421 g/mol. The zero-order valence-corrected chi connectivity index (χ0v) is 16.1. The first-order valence-electron chi connectivity index (χ1n) is 8.05. The third-order valence-corrected chi connectivity index (χ3v) is 5.24. The number of fused-ring (bicyclic) bond motifs is 1. The van der Waals surface area contributed by atoms with Gasteiger partial charge in [-0.05, 0) is 42.5 Å². The van der Waals surface area contributed by atoms with Gasteiger partial charge in [-0.3, -0.25) is 9.59 Å². The van der Waals surface area contributed by atoms with Gasteiger partial charge < -0.3 is 15.4 Å². The second-order valence-electron chi connectivity index (χ2n) is 5.77. The summed E-state index contributed by atoms with van der Waals surface area (Å²) in [5.41, 5.74) is 1.07. The Morgan fingerprint density at radius 2 is 1.71 bits per heavy atom. The van der Waals surface area contributed by atoms with Crippen molar-refractivity contribution in [3.63, 3.8) is 0 Å². The summed E-state index contributed by atoms with van der Waals surface area (Å²) in [5.74, 6) is -1.94. The molecule has 144 valence electrons. The van der Waals surface area contributed by atoms with Crippen LogP contribution in [0.1, 0.15) is 16.6 Å². The van der Waals surface area contributed by atoms with E-state index in [1.165, 1.54) is 25.1 Å². The fourth-order valence-electron chi connectivity index (χ4n) is 2.40. The molecule has 28 heavy (non-hydrogen) atoms. The van der Waals surface area contributed by atoms with Gasteiger partial charge in [0, 0.05) is 28.4 Å². The molecular weight excluding hydrogens is 407 g/mol. The molecule has 6 nitrogen and oxygen atoms in total. The number of amides is 2. The van der Waals surface area contributed by atoms with Crippen LogP contribution in [0.3, 0.4) is 0 Å². The molecule has 0 saturated heterocycles. The van der Waals surface area contributed by atoms with Crippen LogP contribution in [0.4, 0.5) is 15.8 Å². The van der Waals surface area contributed by atoms with Crippen LogP contribution in [0.5, 0.6) is 0 Å². The summed E-state index contributed by atoms with van der Waals surface area (Å²) in [7, 11) is 0. The molecule has 9 heteroatoms. The molecule has 0 fully saturated rings. The van der Waals surface area contributed by atoms with Crippen molar-refractivity contribution in [2.24, 2.45) is 0 Å². The molecule has 0 aliphatic rings. The Morgan fingerprint density at radius 3 is 2.36 bits per heavy atom. The van der Waals surface area contributed by atoms with Crippen molar-refractivity contribution in [3.8, 4) is 0 Å². The number of esters is 1. The van der Waals surface area contributed by atoms with Crippen LogP contribution in [0, 0.1) is 5.82 Å². The summed E-state index contributed by atoms with van der Waals surface area (Å²) in [6.45, 7) is 0.884. The van der Waals surface area contributed by atoms with E-state index in [0.29, 0.717) is 21.5 Å². The maximum absolute atomic E-state index is 13.3. The highest BCUT2D eigenvalue weighted by atomic mass is 35.5. The van der Waals surface area contributed by atoms with Crippen LogP contribution in [0.15, 0.2) is 42.5 Å². The van der Waals surface area contributed by atoms with E-state index in [4.69, 9.17) is 16.3 Å². The van der Waals surface area contributed by atoms with E-state index in [1.807, 2.05) is 0 Å². The van der Waals surface area contributed by atoms with Crippen LogP contribution >= 0.6 is 22.9 Å². The molecule has 0 unspecified atom stereocenters. The molecule has 0 atom stereocenters. The molecule has 3 aromatic rings. The van der Waals surface area contributed by atoms with Crippen molar-refractivity contribution in [1.82, 2.24) is 0 Å². The number of anilines is 2. The van der Waals surface area contributed by atoms with Crippen LogP contribution in [-0.4, -0.2) is 24.4 Å². The number of carbonyl (C=O) groups excluding carboxylic acids is 3. The summed E-state index contributed by atoms with van der Waals surface area (Å²) >= 11 is 7.15. The quantitative estimate of drug-likeness (QED) is 0.597. The molecule has 2 amide bonds. The van der Waals surface area contributed by atoms with Gasteiger partial charge in [-0.15, -0.1) is 11.3 Å². The molecule has 0 bridgehead atoms. The van der Waals surface area contributed by atoms with Gasteiger partial charge in [0.05, 0.1) is 5.02 Å². The van der Waals surface area contributed by atoms with Gasteiger partial charge in [0.2, 0.25) is 5.91 Å². The van der Waals surface area contributed by atoms with Gasteiger partial charge in [0.25, 0.3) is 5.91 Å². The number of hydrogen-bond acceptors (Lipinski definition) is 5. The molecule has 0 radical (unpaired) electrons. The fraction of sp³-hybridized carbons (Fsp3) is 0.105. The van der Waals surface area contributed by atoms with E-state index in [2.05, 4.69) is 10.6 Å². The number of benzene rings is 2. The Kier molecular flexibility index (Phi) is 5.91. The van der Waals surface area contributed by atoms with Crippen molar-refractivity contribution >= 4 is 62.2 Å². The highest BCUT2D eigenvalue weighted by molar-refractivity contribution is 7.21. The van der Waals surface area contributed by atoms with Crippen molar-refractivity contribution in [1.29, 1.82) is 0 Å². The van der Waals surface area contributed by atoms with Crippen LogP contribution < -0.4 is 10.6 Å². The lowest BCUT2D eigenvalue weighted by Gasteiger charge is -2.07. The van der Waals surface area contributed by atoms with Gasteiger partial charge in [-0.25, -0.2) is 9.18 Å². The second-order valence-corrected chi connectivity index (χ2v) is 7.20. The molecular formula is C19H14ClFN2O4S. The SMILES string of the molecule is CC(=O)Nc1ccc(NC(=O)COC(=O)c2sc3cc(F)ccc3c2Cl)cc1. The number of hydrogen-bond donors (Lipinski definition) is 2. The predicted molar refractivity (Wildman–Crippen MR) is 106 cm³/mol. The molecule has 1 heterocycles. The van der Waals surface area contributed by atoms with E-state index in [1.54, 1.807) is 24.3 Å². The Hall–Kier alpha value is -2.97. The Balaban J connectivity index is 1.59. The number of ether oxygens (including phenoxy) is 1. The first-order valence-corrected chi connectivity index (χ1v) is 9.25. The summed E-state index contributed by atoms with van der Waals surface area (Å²) in [6.07, 6.45) is 0. The zero-order valence-electron chi connectivity index (χ0n) is 14.5. The Labute approximate surface area is 168 Å². The molecule has 1 aromatic heterocycles. The maximum Gasteiger partial charge on any atom is 0.350 e. The molecule has 2 N–H and O–H groups in total. The molecule has 0 spiro atoms. The minimum absolute atomic E-state index is 0.106. The third kappa shape index (κ3) is 4.65. The van der Waals surface area contributed by atoms with Gasteiger partial charge in [-0.1, -0.05) is 11.6 Å². The Bertz CT molecular complexity index is 1070. The van der Waals surface area contributed by atoms with Gasteiger partial charge in [-0.2, -0.15) is 0 Å². The number of carbonyl (C=O) groups is 3. The van der Waals surface area contributed by atoms with E-state index in [9.17, 15) is 18.8 Å². The molecule has 2 aromatic carbocycles. The summed E-state index contributed by atoms with van der Waals surface area (Å²) in [6, 6.07) is 10.5. The lowest BCUT2D eigenvalue weighted by Crippen LogP contribution is -2.20. The topological polar surface area (TPSA) is 84.5 Å². The first-order chi connectivity index (χ1) is 13.3. The summed E-state index contributed by atoms with van der Waals surface area (Å²) < 4.78 is 18.8. The monoisotopic (exact) mass is 420 g/mol. The van der Waals surface area contributed by atoms with E-state index in [-0.39, 0.29) is 15.8 Å². The summed E-state index contributed by atoms with van der Waals surface area (Å²) in [4.78, 5) is 35.3.